The molecule has 259 valence electrons. The van der Waals surface area contributed by atoms with Gasteiger partial charge in [0.2, 0.25) is 5.76 Å². The monoisotopic (exact) mass is 841 g/mol. The summed E-state index contributed by atoms with van der Waals surface area (Å²) in [5, 5.41) is 11.6. The summed E-state index contributed by atoms with van der Waals surface area (Å²) < 4.78 is 34.0. The van der Waals surface area contributed by atoms with Crippen molar-refractivity contribution in [2.24, 2.45) is 0 Å². The number of aromatic nitrogens is 8. The zero-order valence-corrected chi connectivity index (χ0v) is 27.8. The van der Waals surface area contributed by atoms with Crippen molar-refractivity contribution in [3.05, 3.63) is 109 Å². The van der Waals surface area contributed by atoms with Crippen molar-refractivity contribution in [2.45, 2.75) is 13.1 Å². The van der Waals surface area contributed by atoms with Gasteiger partial charge in [-0.2, -0.15) is 13.2 Å². The Morgan fingerprint density at radius 2 is 0.824 bits per heavy atom. The normalized spacial score (nSPS) is 12.0. The summed E-state index contributed by atoms with van der Waals surface area (Å²) in [6.45, 7) is 0.919. The minimum Gasteiger partial charge on any atom is -0.504 e. The summed E-state index contributed by atoms with van der Waals surface area (Å²) in [4.78, 5) is 49.2. The molecule has 0 aliphatic carbocycles. The quantitative estimate of drug-likeness (QED) is 0.129. The van der Waals surface area contributed by atoms with Gasteiger partial charge in [-0.25, -0.2) is 9.97 Å². The number of fused-ring (bicyclic) bond motifs is 20. The molecule has 1 radical (unpaired) electrons. The molecule has 0 unspecified atom stereocenters. The first kappa shape index (κ1) is 33.9. The van der Waals surface area contributed by atoms with Crippen LogP contribution < -0.4 is 9.97 Å². The molecule has 7 aromatic rings. The summed E-state index contributed by atoms with van der Waals surface area (Å²) in [5.74, 6) is -0.491. The number of rotatable bonds is 1. The number of carbonyl (C=O) groups excluding carboxylic acids is 1. The molecule has 0 saturated carbocycles. The number of nitrogens with zero attached hydrogens (tertiary/aromatic N) is 8. The Morgan fingerprint density at radius 1 is 0.549 bits per heavy atom. The number of benzene rings is 4. The van der Waals surface area contributed by atoms with E-state index in [0.29, 0.717) is 45.9 Å². The molecular weight excluding hydrogens is 820 g/mol. The summed E-state index contributed by atoms with van der Waals surface area (Å²) in [6, 6.07) is 31.8. The number of halogens is 3. The fourth-order valence-corrected chi connectivity index (χ4v) is 5.73. The fourth-order valence-electron chi connectivity index (χ4n) is 5.73. The number of allylic oxidation sites excluding steroid dienone is 2. The maximum absolute atomic E-state index is 11.3. The van der Waals surface area contributed by atoms with Crippen LogP contribution in [0.2, 0.25) is 0 Å². The second kappa shape index (κ2) is 13.3. The molecule has 4 aromatic carbocycles. The summed E-state index contributed by atoms with van der Waals surface area (Å²) >= 11 is 0. The molecule has 5 heterocycles. The minimum absolute atomic E-state index is 0. The van der Waals surface area contributed by atoms with E-state index in [2.05, 4.69) is 0 Å². The molecule has 2 aliphatic heterocycles. The maximum Gasteiger partial charge on any atom is 0.448 e. The van der Waals surface area contributed by atoms with Crippen LogP contribution in [0.25, 0.3) is 89.7 Å². The van der Waals surface area contributed by atoms with Gasteiger partial charge in [0.1, 0.15) is 0 Å². The van der Waals surface area contributed by atoms with Crippen LogP contribution in [0.15, 0.2) is 109 Å². The van der Waals surface area contributed by atoms with E-state index in [4.69, 9.17) is 45.0 Å². The number of alkyl halides is 3. The van der Waals surface area contributed by atoms with Gasteiger partial charge >= 0.3 is 6.18 Å². The van der Waals surface area contributed by atoms with Gasteiger partial charge in [0.15, 0.2) is 5.78 Å². The van der Waals surface area contributed by atoms with Gasteiger partial charge in [0.25, 0.3) is 0 Å². The molecule has 1 N–H and O–H groups in total. The molecule has 0 amide bonds. The molecule has 0 fully saturated rings. The van der Waals surface area contributed by atoms with Gasteiger partial charge in [0.05, 0.1) is 23.3 Å². The van der Waals surface area contributed by atoms with Crippen LogP contribution >= 0.6 is 0 Å². The molecule has 14 heteroatoms. The minimum atomic E-state index is -4.81. The number of carbonyl (C=O) groups is 1. The van der Waals surface area contributed by atoms with Crippen LogP contribution in [0.4, 0.5) is 13.2 Å². The first-order chi connectivity index (χ1) is 24.1. The third kappa shape index (κ3) is 6.34. The number of hydrogen-bond donors (Lipinski definition) is 1. The van der Waals surface area contributed by atoms with E-state index >= 15 is 0 Å². The standard InChI is InChI=1S/C32H16N8.C5H5F3O2.Lu/c1-2-10-18-17(9-1)25-33-26(18)38-28-21-13-5-6-14-22(21)30(35-28)40-32-24-16-8-7-15-23(24)31(36-32)39-29-20-12-4-3-11-19(20)27(34-29)37-25;1-3(9)2-4(10)5(6,7)8;/h1-16H;2,10H,1H3;/q-2;;/b;4-2-;. The van der Waals surface area contributed by atoms with Crippen molar-refractivity contribution in [1.29, 1.82) is 0 Å². The smallest absolute Gasteiger partial charge is 0.448 e. The Kier molecular flexibility index (Phi) is 8.86. The third-order valence-corrected chi connectivity index (χ3v) is 7.96. The molecule has 2 aliphatic rings. The molecule has 0 saturated heterocycles. The number of ketones is 1. The van der Waals surface area contributed by atoms with E-state index in [1.807, 2.05) is 97.1 Å². The predicted molar refractivity (Wildman–Crippen MR) is 181 cm³/mol. The van der Waals surface area contributed by atoms with Crippen molar-refractivity contribution in [2.75, 3.05) is 0 Å². The molecule has 3 aromatic heterocycles. The van der Waals surface area contributed by atoms with Gasteiger partial charge in [0, 0.05) is 87.8 Å². The predicted octanol–water partition coefficient (Wildman–Crippen LogP) is 7.71. The van der Waals surface area contributed by atoms with Crippen LogP contribution in [-0.4, -0.2) is 47.0 Å². The van der Waals surface area contributed by atoms with Crippen molar-refractivity contribution >= 4 is 49.9 Å². The summed E-state index contributed by atoms with van der Waals surface area (Å²) in [5.41, 5.74) is 5.78. The average Bonchev–Trinajstić information content (AvgIpc) is 3.84. The maximum atomic E-state index is 11.3. The largest absolute Gasteiger partial charge is 0.504 e. The van der Waals surface area contributed by atoms with Crippen molar-refractivity contribution < 1.29 is 59.9 Å². The van der Waals surface area contributed by atoms with Crippen LogP contribution in [0, 0.1) is 36.9 Å². The second-order valence-corrected chi connectivity index (χ2v) is 11.3. The van der Waals surface area contributed by atoms with Crippen LogP contribution in [-0.2, 0) is 4.79 Å². The van der Waals surface area contributed by atoms with Gasteiger partial charge in [-0.05, 0) is 28.5 Å². The molecular formula is C37H21F3LuN8O2-2. The summed E-state index contributed by atoms with van der Waals surface area (Å²) in [7, 11) is 0. The Labute approximate surface area is 315 Å². The second-order valence-electron chi connectivity index (χ2n) is 11.3. The van der Waals surface area contributed by atoms with Crippen LogP contribution in [0.3, 0.4) is 0 Å². The molecule has 8 bridgehead atoms. The molecule has 51 heavy (non-hydrogen) atoms. The van der Waals surface area contributed by atoms with Crippen LogP contribution in [0.1, 0.15) is 6.92 Å². The van der Waals surface area contributed by atoms with E-state index in [1.165, 1.54) is 0 Å². The Balaban J connectivity index is 0.000000327. The van der Waals surface area contributed by atoms with E-state index in [-0.39, 0.29) is 43.0 Å². The molecule has 0 atom stereocenters. The zero-order valence-electron chi connectivity index (χ0n) is 26.1. The van der Waals surface area contributed by atoms with Crippen LogP contribution in [0.5, 0.6) is 0 Å². The Morgan fingerprint density at radius 3 is 1.06 bits per heavy atom. The van der Waals surface area contributed by atoms with Crippen molar-refractivity contribution in [1.82, 2.24) is 39.9 Å². The van der Waals surface area contributed by atoms with E-state index in [0.717, 1.165) is 50.7 Å². The fraction of sp³-hybridized carbons (Fsp3) is 0.0541. The van der Waals surface area contributed by atoms with Gasteiger partial charge in [-0.3, -0.25) is 4.79 Å². The average molecular weight is 842 g/mol. The molecule has 9 rings (SSSR count). The van der Waals surface area contributed by atoms with Crippen molar-refractivity contribution in [3.63, 3.8) is 0 Å². The van der Waals surface area contributed by atoms with E-state index in [1.54, 1.807) is 0 Å². The summed E-state index contributed by atoms with van der Waals surface area (Å²) in [6.07, 6.45) is -4.69. The Bertz CT molecular complexity index is 2400. The molecule has 0 spiro atoms. The number of aliphatic hydroxyl groups excluding tert-OH is 1. The van der Waals surface area contributed by atoms with Gasteiger partial charge < -0.3 is 35.0 Å². The number of hydrogen-bond acceptors (Lipinski definition) is 8. The number of aliphatic hydroxyl groups is 1. The SMILES string of the molecule is CC(=O)/C=C(\O)C(F)(F)F.[Lu].c1ccc2c(c1)-c1nc-2nc2[n-]c(nc3nc(nc4[n-]c(n1)c1ccccc41)-c1ccccc1-3)c1ccccc21. The van der Waals surface area contributed by atoms with E-state index < -0.39 is 17.7 Å². The zero-order chi connectivity index (χ0) is 34.6. The first-order valence-corrected chi connectivity index (χ1v) is 15.2. The van der Waals surface area contributed by atoms with Gasteiger partial charge in [-0.1, -0.05) is 97.1 Å². The Hall–Kier alpha value is -5.53. The van der Waals surface area contributed by atoms with Gasteiger partial charge in [-0.15, -0.1) is 0 Å². The van der Waals surface area contributed by atoms with E-state index in [9.17, 15) is 18.0 Å². The first-order valence-electron chi connectivity index (χ1n) is 15.2. The third-order valence-electron chi connectivity index (χ3n) is 7.96. The molecule has 10 nitrogen and oxygen atoms in total. The van der Waals surface area contributed by atoms with Crippen molar-refractivity contribution in [3.8, 4) is 45.6 Å². The topological polar surface area (TPSA) is 143 Å².